The third-order valence-electron chi connectivity index (χ3n) is 5.03. The largest absolute Gasteiger partial charge is 0.489 e. The number of carbonyl (C=O) groups excluding carboxylic acids is 1. The first-order valence-electron chi connectivity index (χ1n) is 10.6. The lowest BCUT2D eigenvalue weighted by molar-refractivity contribution is -0.121. The van der Waals surface area contributed by atoms with Crippen LogP contribution in [0.1, 0.15) is 28.8 Å². The predicted molar refractivity (Wildman–Crippen MR) is 128 cm³/mol. The van der Waals surface area contributed by atoms with Crippen molar-refractivity contribution in [1.82, 2.24) is 15.4 Å². The summed E-state index contributed by atoms with van der Waals surface area (Å²) in [4.78, 5) is 31.3. The molecule has 0 saturated heterocycles. The highest BCUT2D eigenvalue weighted by Crippen LogP contribution is 2.14. The van der Waals surface area contributed by atoms with E-state index in [1.807, 2.05) is 54.6 Å². The summed E-state index contributed by atoms with van der Waals surface area (Å²) in [6.07, 6.45) is 1.90. The van der Waals surface area contributed by atoms with Crippen molar-refractivity contribution in [1.29, 1.82) is 0 Å². The lowest BCUT2D eigenvalue weighted by Crippen LogP contribution is -2.21. The van der Waals surface area contributed by atoms with Gasteiger partial charge in [0, 0.05) is 12.8 Å². The molecule has 1 heterocycles. The zero-order valence-corrected chi connectivity index (χ0v) is 18.2. The molecule has 1 amide bonds. The molecule has 7 heteroatoms. The van der Waals surface area contributed by atoms with Crippen LogP contribution < -0.4 is 15.7 Å². The minimum Gasteiger partial charge on any atom is -0.489 e. The Balaban J connectivity index is 1.25. The molecular formula is C26H24N4O3. The number of para-hydroxylation sites is 2. The zero-order valence-electron chi connectivity index (χ0n) is 18.2. The first kappa shape index (κ1) is 22.0. The quantitative estimate of drug-likeness (QED) is 0.321. The topological polar surface area (TPSA) is 96.4 Å². The fourth-order valence-corrected chi connectivity index (χ4v) is 3.32. The second-order valence-electron chi connectivity index (χ2n) is 7.67. The summed E-state index contributed by atoms with van der Waals surface area (Å²) in [5.41, 5.74) is 7.03. The van der Waals surface area contributed by atoms with Gasteiger partial charge in [0.25, 0.3) is 5.56 Å². The number of carbonyl (C=O) groups is 1. The van der Waals surface area contributed by atoms with Crippen molar-refractivity contribution < 1.29 is 9.53 Å². The van der Waals surface area contributed by atoms with Crippen molar-refractivity contribution >= 4 is 23.2 Å². The van der Waals surface area contributed by atoms with Crippen molar-refractivity contribution in [3.63, 3.8) is 0 Å². The third-order valence-corrected chi connectivity index (χ3v) is 5.03. The Bertz CT molecular complexity index is 1340. The summed E-state index contributed by atoms with van der Waals surface area (Å²) < 4.78 is 5.81. The molecule has 33 heavy (non-hydrogen) atoms. The Morgan fingerprint density at radius 2 is 1.91 bits per heavy atom. The lowest BCUT2D eigenvalue weighted by Gasteiger charge is -2.07. The van der Waals surface area contributed by atoms with Crippen molar-refractivity contribution in [2.24, 2.45) is 5.10 Å². The molecule has 4 aromatic rings. The predicted octanol–water partition coefficient (Wildman–Crippen LogP) is 3.89. The van der Waals surface area contributed by atoms with E-state index in [1.54, 1.807) is 12.3 Å². The Kier molecular flexibility index (Phi) is 6.90. The SMILES string of the molecule is Cc1cccc(COc2ccc(/C=N/NC(=O)CCc3nc4ccccc4[nH]c3=O)cc2)c1. The van der Waals surface area contributed by atoms with Gasteiger partial charge in [-0.25, -0.2) is 10.4 Å². The molecule has 3 aromatic carbocycles. The Morgan fingerprint density at radius 3 is 2.73 bits per heavy atom. The Morgan fingerprint density at radius 1 is 1.09 bits per heavy atom. The number of aromatic nitrogens is 2. The normalized spacial score (nSPS) is 11.1. The highest BCUT2D eigenvalue weighted by atomic mass is 16.5. The summed E-state index contributed by atoms with van der Waals surface area (Å²) in [6, 6.07) is 22.9. The average molecular weight is 441 g/mol. The van der Waals surface area contributed by atoms with Crippen molar-refractivity contribution in [2.45, 2.75) is 26.4 Å². The summed E-state index contributed by atoms with van der Waals surface area (Å²) in [7, 11) is 0. The maximum Gasteiger partial charge on any atom is 0.270 e. The van der Waals surface area contributed by atoms with E-state index in [0.717, 1.165) is 16.9 Å². The highest BCUT2D eigenvalue weighted by molar-refractivity contribution is 5.82. The van der Waals surface area contributed by atoms with Gasteiger partial charge in [-0.3, -0.25) is 9.59 Å². The van der Waals surface area contributed by atoms with E-state index < -0.39 is 0 Å². The molecule has 2 N–H and O–H groups in total. The number of benzene rings is 3. The number of amides is 1. The van der Waals surface area contributed by atoms with E-state index in [1.165, 1.54) is 5.56 Å². The molecule has 0 spiro atoms. The van der Waals surface area contributed by atoms with Crippen LogP contribution in [0.5, 0.6) is 5.75 Å². The van der Waals surface area contributed by atoms with Gasteiger partial charge in [-0.2, -0.15) is 5.10 Å². The zero-order chi connectivity index (χ0) is 23.0. The number of ether oxygens (including phenoxy) is 1. The fourth-order valence-electron chi connectivity index (χ4n) is 3.32. The molecular weight excluding hydrogens is 416 g/mol. The molecule has 0 aliphatic heterocycles. The minimum atomic E-state index is -0.293. The number of H-pyrrole nitrogens is 1. The second kappa shape index (κ2) is 10.4. The van der Waals surface area contributed by atoms with Crippen LogP contribution >= 0.6 is 0 Å². The molecule has 0 fully saturated rings. The van der Waals surface area contributed by atoms with E-state index in [2.05, 4.69) is 39.6 Å². The number of rotatable bonds is 8. The highest BCUT2D eigenvalue weighted by Gasteiger charge is 2.07. The van der Waals surface area contributed by atoms with Gasteiger partial charge in [0.15, 0.2) is 0 Å². The summed E-state index contributed by atoms with van der Waals surface area (Å²) >= 11 is 0. The van der Waals surface area contributed by atoms with Crippen LogP contribution in [-0.2, 0) is 17.8 Å². The molecule has 0 saturated carbocycles. The third kappa shape index (κ3) is 6.13. The molecule has 0 bridgehead atoms. The van der Waals surface area contributed by atoms with Gasteiger partial charge >= 0.3 is 0 Å². The maximum absolute atomic E-state index is 12.1. The molecule has 0 aliphatic rings. The van der Waals surface area contributed by atoms with Crippen LogP contribution in [0.15, 0.2) is 82.7 Å². The molecule has 0 aliphatic carbocycles. The molecule has 1 aromatic heterocycles. The van der Waals surface area contributed by atoms with Crippen molar-refractivity contribution in [3.05, 3.63) is 106 Å². The molecule has 4 rings (SSSR count). The van der Waals surface area contributed by atoms with Gasteiger partial charge in [0.1, 0.15) is 18.1 Å². The number of hydrogen-bond donors (Lipinski definition) is 2. The molecule has 0 atom stereocenters. The van der Waals surface area contributed by atoms with Crippen LogP contribution in [0.25, 0.3) is 11.0 Å². The first-order valence-corrected chi connectivity index (χ1v) is 10.6. The van der Waals surface area contributed by atoms with E-state index >= 15 is 0 Å². The van der Waals surface area contributed by atoms with Crippen molar-refractivity contribution in [2.75, 3.05) is 0 Å². The number of nitrogens with zero attached hydrogens (tertiary/aromatic N) is 2. The van der Waals surface area contributed by atoms with Gasteiger partial charge in [-0.05, 0) is 54.4 Å². The molecule has 166 valence electrons. The Hall–Kier alpha value is -4.26. The van der Waals surface area contributed by atoms with Crippen LogP contribution in [0, 0.1) is 6.92 Å². The number of aryl methyl sites for hydroxylation is 2. The van der Waals surface area contributed by atoms with Crippen molar-refractivity contribution in [3.8, 4) is 5.75 Å². The van der Waals surface area contributed by atoms with Crippen LogP contribution in [0.2, 0.25) is 0 Å². The summed E-state index contributed by atoms with van der Waals surface area (Å²) in [6.45, 7) is 2.55. The van der Waals surface area contributed by atoms with Gasteiger partial charge in [0.05, 0.1) is 17.2 Å². The van der Waals surface area contributed by atoms with E-state index in [0.29, 0.717) is 23.3 Å². The smallest absolute Gasteiger partial charge is 0.270 e. The molecule has 0 radical (unpaired) electrons. The minimum absolute atomic E-state index is 0.109. The average Bonchev–Trinajstić information content (AvgIpc) is 2.82. The summed E-state index contributed by atoms with van der Waals surface area (Å²) in [5.74, 6) is 0.463. The maximum atomic E-state index is 12.1. The number of hydrogen-bond acceptors (Lipinski definition) is 5. The van der Waals surface area contributed by atoms with E-state index in [9.17, 15) is 9.59 Å². The van der Waals surface area contributed by atoms with Crippen LogP contribution in [-0.4, -0.2) is 22.1 Å². The standard InChI is InChI=1S/C26H24N4O3/c1-18-5-4-6-20(15-18)17-33-21-11-9-19(10-12-21)16-27-30-25(31)14-13-24-26(32)29-23-8-3-2-7-22(23)28-24/h2-12,15-16H,13-14,17H2,1H3,(H,29,32)(H,30,31)/b27-16+. The van der Waals surface area contributed by atoms with Gasteiger partial charge in [0.2, 0.25) is 5.91 Å². The van der Waals surface area contributed by atoms with E-state index in [-0.39, 0.29) is 24.3 Å². The second-order valence-corrected chi connectivity index (χ2v) is 7.67. The monoisotopic (exact) mass is 440 g/mol. The lowest BCUT2D eigenvalue weighted by atomic mass is 10.1. The number of aromatic amines is 1. The molecule has 7 nitrogen and oxygen atoms in total. The molecule has 0 unspecified atom stereocenters. The summed E-state index contributed by atoms with van der Waals surface area (Å²) in [5, 5.41) is 3.99. The van der Waals surface area contributed by atoms with Gasteiger partial charge in [-0.15, -0.1) is 0 Å². The van der Waals surface area contributed by atoms with Gasteiger partial charge in [-0.1, -0.05) is 42.0 Å². The van der Waals surface area contributed by atoms with Gasteiger partial charge < -0.3 is 9.72 Å². The first-order chi connectivity index (χ1) is 16.1. The Labute approximate surface area is 191 Å². The number of nitrogens with one attached hydrogen (secondary N) is 2. The van der Waals surface area contributed by atoms with Crippen LogP contribution in [0.4, 0.5) is 0 Å². The number of fused-ring (bicyclic) bond motifs is 1. The number of hydrazone groups is 1. The fraction of sp³-hybridized carbons (Fsp3) is 0.154. The van der Waals surface area contributed by atoms with Crippen LogP contribution in [0.3, 0.4) is 0 Å². The van der Waals surface area contributed by atoms with E-state index in [4.69, 9.17) is 4.74 Å².